The second-order valence-electron chi connectivity index (χ2n) is 7.30. The maximum atomic E-state index is 12.7. The average Bonchev–Trinajstić information content (AvgIpc) is 2.71. The molecule has 2 rings (SSSR count). The first-order chi connectivity index (χ1) is 14.3. The second-order valence-corrected chi connectivity index (χ2v) is 7.30. The van der Waals surface area contributed by atoms with E-state index >= 15 is 0 Å². The van der Waals surface area contributed by atoms with Gasteiger partial charge in [-0.05, 0) is 18.9 Å². The minimum absolute atomic E-state index is 0.0549. The van der Waals surface area contributed by atoms with Gasteiger partial charge in [-0.15, -0.1) is 0 Å². The second kappa shape index (κ2) is 11.9. The number of guanidine groups is 1. The van der Waals surface area contributed by atoms with Crippen LogP contribution in [0.4, 0.5) is 19.1 Å². The van der Waals surface area contributed by atoms with E-state index in [1.807, 2.05) is 6.92 Å². The summed E-state index contributed by atoms with van der Waals surface area (Å²) in [6.07, 6.45) is -3.40. The van der Waals surface area contributed by atoms with Crippen molar-refractivity contribution in [2.75, 3.05) is 57.8 Å². The van der Waals surface area contributed by atoms with Crippen molar-refractivity contribution < 1.29 is 17.9 Å². The number of anilines is 1. The summed E-state index contributed by atoms with van der Waals surface area (Å²) in [5.41, 5.74) is -0.967. The van der Waals surface area contributed by atoms with E-state index in [2.05, 4.69) is 44.7 Å². The Hall–Kier alpha value is -2.14. The molecule has 8 nitrogen and oxygen atoms in total. The fourth-order valence-corrected chi connectivity index (χ4v) is 3.14. The molecule has 30 heavy (non-hydrogen) atoms. The van der Waals surface area contributed by atoms with E-state index < -0.39 is 11.9 Å². The minimum Gasteiger partial charge on any atom is -0.379 e. The van der Waals surface area contributed by atoms with Gasteiger partial charge < -0.3 is 20.7 Å². The van der Waals surface area contributed by atoms with Crippen LogP contribution < -0.4 is 16.0 Å². The van der Waals surface area contributed by atoms with Crippen molar-refractivity contribution in [3.05, 3.63) is 18.0 Å². The van der Waals surface area contributed by atoms with Gasteiger partial charge in [0.2, 0.25) is 5.95 Å². The standard InChI is InChI=1S/C19H32F3N7O/c1-4-23-17(27-13-15(14(2)3)29-9-11-30-12-10-29)25-7-8-26-18-24-6-5-16(28-18)19(20,21)22/h5-6,14-15H,4,7-13H2,1-3H3,(H2,23,25,27)(H,24,26,28). The van der Waals surface area contributed by atoms with E-state index in [0.717, 1.165) is 38.6 Å². The van der Waals surface area contributed by atoms with Crippen molar-refractivity contribution >= 4 is 11.9 Å². The van der Waals surface area contributed by atoms with E-state index in [4.69, 9.17) is 9.73 Å². The van der Waals surface area contributed by atoms with Crippen LogP contribution in [0.5, 0.6) is 0 Å². The van der Waals surface area contributed by atoms with Gasteiger partial charge in [0.25, 0.3) is 0 Å². The Morgan fingerprint density at radius 1 is 1.23 bits per heavy atom. The van der Waals surface area contributed by atoms with E-state index in [9.17, 15) is 13.2 Å². The van der Waals surface area contributed by atoms with Gasteiger partial charge in [0, 0.05) is 45.0 Å². The molecular formula is C19H32F3N7O. The smallest absolute Gasteiger partial charge is 0.379 e. The number of rotatable bonds is 9. The summed E-state index contributed by atoms with van der Waals surface area (Å²) >= 11 is 0. The third kappa shape index (κ3) is 7.94. The number of nitrogens with one attached hydrogen (secondary N) is 3. The lowest BCUT2D eigenvalue weighted by Crippen LogP contribution is -2.48. The molecular weight excluding hydrogens is 399 g/mol. The predicted molar refractivity (Wildman–Crippen MR) is 111 cm³/mol. The number of hydrogen-bond acceptors (Lipinski definition) is 6. The summed E-state index contributed by atoms with van der Waals surface area (Å²) in [6.45, 7) is 11.8. The Balaban J connectivity index is 1.86. The summed E-state index contributed by atoms with van der Waals surface area (Å²) < 4.78 is 43.6. The quantitative estimate of drug-likeness (QED) is 0.312. The van der Waals surface area contributed by atoms with Crippen LogP contribution in [0.1, 0.15) is 26.5 Å². The van der Waals surface area contributed by atoms with Gasteiger partial charge in [-0.25, -0.2) is 9.97 Å². The molecule has 0 radical (unpaired) electrons. The highest BCUT2D eigenvalue weighted by molar-refractivity contribution is 5.79. The molecule has 1 aliphatic rings. The van der Waals surface area contributed by atoms with Crippen molar-refractivity contribution in [3.8, 4) is 0 Å². The summed E-state index contributed by atoms with van der Waals surface area (Å²) in [5.74, 6) is 1.07. The Kier molecular flexibility index (Phi) is 9.57. The Morgan fingerprint density at radius 2 is 1.97 bits per heavy atom. The number of ether oxygens (including phenoxy) is 1. The van der Waals surface area contributed by atoms with Crippen LogP contribution in [0.2, 0.25) is 0 Å². The van der Waals surface area contributed by atoms with Crippen molar-refractivity contribution in [1.29, 1.82) is 0 Å². The van der Waals surface area contributed by atoms with E-state index in [1.54, 1.807) is 0 Å². The first-order valence-corrected chi connectivity index (χ1v) is 10.3. The monoisotopic (exact) mass is 431 g/mol. The van der Waals surface area contributed by atoms with Crippen molar-refractivity contribution in [2.45, 2.75) is 33.0 Å². The Bertz CT molecular complexity index is 664. The topological polar surface area (TPSA) is 86.7 Å². The summed E-state index contributed by atoms with van der Waals surface area (Å²) in [7, 11) is 0. The van der Waals surface area contributed by atoms with Gasteiger partial charge in [0.15, 0.2) is 5.96 Å². The molecule has 11 heteroatoms. The third-order valence-corrected chi connectivity index (χ3v) is 4.71. The molecule has 2 heterocycles. The van der Waals surface area contributed by atoms with Crippen LogP contribution >= 0.6 is 0 Å². The van der Waals surface area contributed by atoms with Crippen LogP contribution in [-0.4, -0.2) is 79.4 Å². The normalized spacial score (nSPS) is 17.1. The number of nitrogens with zero attached hydrogens (tertiary/aromatic N) is 4. The van der Waals surface area contributed by atoms with E-state index in [1.165, 1.54) is 0 Å². The lowest BCUT2D eigenvalue weighted by atomic mass is 10.0. The largest absolute Gasteiger partial charge is 0.433 e. The predicted octanol–water partition coefficient (Wildman–Crippen LogP) is 1.82. The number of halogens is 3. The molecule has 0 amide bonds. The van der Waals surface area contributed by atoms with Gasteiger partial charge in [-0.3, -0.25) is 9.89 Å². The SMILES string of the molecule is CCNC(=NCC(C(C)C)N1CCOCC1)NCCNc1nccc(C(F)(F)F)n1. The fourth-order valence-electron chi connectivity index (χ4n) is 3.14. The van der Waals surface area contributed by atoms with Gasteiger partial charge >= 0.3 is 6.18 Å². The average molecular weight is 432 g/mol. The Morgan fingerprint density at radius 3 is 2.60 bits per heavy atom. The molecule has 1 aromatic rings. The summed E-state index contributed by atoms with van der Waals surface area (Å²) in [6, 6.07) is 1.17. The van der Waals surface area contributed by atoms with Gasteiger partial charge in [0.05, 0.1) is 19.8 Å². The molecule has 1 aliphatic heterocycles. The first kappa shape index (κ1) is 24.1. The van der Waals surface area contributed by atoms with Crippen molar-refractivity contribution in [3.63, 3.8) is 0 Å². The minimum atomic E-state index is -4.49. The zero-order valence-electron chi connectivity index (χ0n) is 17.8. The van der Waals surface area contributed by atoms with Crippen molar-refractivity contribution in [1.82, 2.24) is 25.5 Å². The molecule has 1 saturated heterocycles. The lowest BCUT2D eigenvalue weighted by Gasteiger charge is -2.36. The van der Waals surface area contributed by atoms with Crippen LogP contribution in [-0.2, 0) is 10.9 Å². The third-order valence-electron chi connectivity index (χ3n) is 4.71. The highest BCUT2D eigenvalue weighted by Crippen LogP contribution is 2.27. The van der Waals surface area contributed by atoms with Crippen LogP contribution in [0.3, 0.4) is 0 Å². The van der Waals surface area contributed by atoms with Gasteiger partial charge in [-0.2, -0.15) is 13.2 Å². The van der Waals surface area contributed by atoms with Crippen molar-refractivity contribution in [2.24, 2.45) is 10.9 Å². The molecule has 1 atom stereocenters. The Labute approximate surface area is 175 Å². The van der Waals surface area contributed by atoms with Crippen LogP contribution in [0, 0.1) is 5.92 Å². The molecule has 1 aromatic heterocycles. The number of morpholine rings is 1. The molecule has 3 N–H and O–H groups in total. The summed E-state index contributed by atoms with van der Waals surface area (Å²) in [4.78, 5) is 14.4. The highest BCUT2D eigenvalue weighted by Gasteiger charge is 2.32. The van der Waals surface area contributed by atoms with Gasteiger partial charge in [0.1, 0.15) is 5.69 Å². The molecule has 0 saturated carbocycles. The number of alkyl halides is 3. The number of hydrogen-bond donors (Lipinski definition) is 3. The zero-order chi connectivity index (χ0) is 22.0. The maximum Gasteiger partial charge on any atom is 0.433 e. The van der Waals surface area contributed by atoms with Crippen LogP contribution in [0.25, 0.3) is 0 Å². The molecule has 1 unspecified atom stereocenters. The van der Waals surface area contributed by atoms with Gasteiger partial charge in [-0.1, -0.05) is 13.8 Å². The molecule has 0 aromatic carbocycles. The maximum absolute atomic E-state index is 12.7. The highest BCUT2D eigenvalue weighted by atomic mass is 19.4. The molecule has 1 fully saturated rings. The number of aliphatic imine (C=N–C) groups is 1. The zero-order valence-corrected chi connectivity index (χ0v) is 17.8. The molecule has 170 valence electrons. The first-order valence-electron chi connectivity index (χ1n) is 10.3. The lowest BCUT2D eigenvalue weighted by molar-refractivity contribution is -0.141. The molecule has 0 aliphatic carbocycles. The molecule has 0 bridgehead atoms. The number of aromatic nitrogens is 2. The summed E-state index contributed by atoms with van der Waals surface area (Å²) in [5, 5.41) is 9.18. The molecule has 0 spiro atoms. The fraction of sp³-hybridized carbons (Fsp3) is 0.737. The van der Waals surface area contributed by atoms with E-state index in [0.29, 0.717) is 44.1 Å². The van der Waals surface area contributed by atoms with E-state index in [-0.39, 0.29) is 5.95 Å². The van der Waals surface area contributed by atoms with Crippen LogP contribution in [0.15, 0.2) is 17.3 Å².